The second-order valence-electron chi connectivity index (χ2n) is 5.55. The zero-order valence-corrected chi connectivity index (χ0v) is 14.9. The second kappa shape index (κ2) is 8.58. The molecule has 2 amide bonds. The lowest BCUT2D eigenvalue weighted by atomic mass is 10.1. The number of nitro benzene ring substituents is 1. The third-order valence-corrected chi connectivity index (χ3v) is 4.67. The van der Waals surface area contributed by atoms with Crippen molar-refractivity contribution in [1.82, 2.24) is 5.32 Å². The van der Waals surface area contributed by atoms with Crippen molar-refractivity contribution in [2.45, 2.75) is 17.9 Å². The molecule has 3 N–H and O–H groups in total. The molecule has 142 valence electrons. The summed E-state index contributed by atoms with van der Waals surface area (Å²) in [7, 11) is 0. The number of halogens is 2. The van der Waals surface area contributed by atoms with Gasteiger partial charge in [-0.25, -0.2) is 8.78 Å². The van der Waals surface area contributed by atoms with Crippen LogP contribution in [0.2, 0.25) is 0 Å². The summed E-state index contributed by atoms with van der Waals surface area (Å²) in [6, 6.07) is 6.02. The molecule has 0 bridgehead atoms. The van der Waals surface area contributed by atoms with Gasteiger partial charge in [-0.3, -0.25) is 19.7 Å². The Bertz CT molecular complexity index is 908. The van der Waals surface area contributed by atoms with Crippen LogP contribution in [0, 0.1) is 21.7 Å². The van der Waals surface area contributed by atoms with Gasteiger partial charge < -0.3 is 11.1 Å². The van der Waals surface area contributed by atoms with E-state index < -0.39 is 34.4 Å². The van der Waals surface area contributed by atoms with Crippen molar-refractivity contribution in [3.8, 4) is 0 Å². The average Bonchev–Trinajstić information content (AvgIpc) is 2.59. The fourth-order valence-electron chi connectivity index (χ4n) is 2.29. The van der Waals surface area contributed by atoms with Crippen molar-refractivity contribution in [3.05, 3.63) is 69.3 Å². The number of carbonyl (C=O) groups is 2. The number of amides is 2. The highest BCUT2D eigenvalue weighted by Gasteiger charge is 2.19. The summed E-state index contributed by atoms with van der Waals surface area (Å²) >= 11 is 0.888. The van der Waals surface area contributed by atoms with Gasteiger partial charge in [-0.2, -0.15) is 0 Å². The summed E-state index contributed by atoms with van der Waals surface area (Å²) in [5.41, 5.74) is 4.85. The molecule has 1 unspecified atom stereocenters. The van der Waals surface area contributed by atoms with Gasteiger partial charge in [0.1, 0.15) is 11.6 Å². The molecular weight excluding hydrogens is 380 g/mol. The van der Waals surface area contributed by atoms with Crippen LogP contribution in [-0.4, -0.2) is 22.5 Å². The fourth-order valence-corrected chi connectivity index (χ4v) is 3.11. The highest BCUT2D eigenvalue weighted by atomic mass is 32.2. The van der Waals surface area contributed by atoms with Crippen LogP contribution in [0.4, 0.5) is 14.5 Å². The maximum Gasteiger partial charge on any atom is 0.283 e. The first-order valence-corrected chi connectivity index (χ1v) is 8.63. The summed E-state index contributed by atoms with van der Waals surface area (Å²) in [6.45, 7) is 1.53. The van der Waals surface area contributed by atoms with Crippen LogP contribution >= 0.6 is 11.8 Å². The first-order valence-electron chi connectivity index (χ1n) is 7.64. The molecule has 0 saturated heterocycles. The Kier molecular flexibility index (Phi) is 6.45. The number of rotatable bonds is 7. The Morgan fingerprint density at radius 1 is 1.26 bits per heavy atom. The third kappa shape index (κ3) is 5.23. The van der Waals surface area contributed by atoms with Gasteiger partial charge in [-0.05, 0) is 25.1 Å². The minimum Gasteiger partial charge on any atom is -0.366 e. The molecule has 0 aliphatic carbocycles. The van der Waals surface area contributed by atoms with Crippen LogP contribution in [0.25, 0.3) is 0 Å². The van der Waals surface area contributed by atoms with Crippen LogP contribution in [0.5, 0.6) is 0 Å². The first kappa shape index (κ1) is 20.3. The largest absolute Gasteiger partial charge is 0.366 e. The SMILES string of the molecule is CC(NC(=O)CSc1ccc(C(N)=O)cc1[N+](=O)[O-])c1ccc(F)cc1F. The fraction of sp³-hybridized carbons (Fsp3) is 0.176. The number of nitrogens with one attached hydrogen (secondary N) is 1. The number of hydrogen-bond donors (Lipinski definition) is 2. The van der Waals surface area contributed by atoms with Crippen LogP contribution in [0.1, 0.15) is 28.9 Å². The molecule has 0 radical (unpaired) electrons. The smallest absolute Gasteiger partial charge is 0.283 e. The molecule has 0 aromatic heterocycles. The van der Waals surface area contributed by atoms with Crippen LogP contribution in [0.3, 0.4) is 0 Å². The summed E-state index contributed by atoms with van der Waals surface area (Å²) in [6.07, 6.45) is 0. The van der Waals surface area contributed by atoms with Gasteiger partial charge in [0.25, 0.3) is 5.69 Å². The second-order valence-corrected chi connectivity index (χ2v) is 6.56. The molecule has 0 saturated carbocycles. The van der Waals surface area contributed by atoms with E-state index in [1.54, 1.807) is 0 Å². The summed E-state index contributed by atoms with van der Waals surface area (Å²) in [4.78, 5) is 33.8. The van der Waals surface area contributed by atoms with Crippen LogP contribution < -0.4 is 11.1 Å². The normalized spacial score (nSPS) is 11.7. The number of nitrogens with zero attached hydrogens (tertiary/aromatic N) is 1. The molecule has 1 atom stereocenters. The van der Waals surface area contributed by atoms with Crippen molar-refractivity contribution in [1.29, 1.82) is 0 Å². The highest BCUT2D eigenvalue weighted by molar-refractivity contribution is 8.00. The van der Waals surface area contributed by atoms with E-state index in [1.807, 2.05) is 0 Å². The van der Waals surface area contributed by atoms with Gasteiger partial charge in [0.15, 0.2) is 0 Å². The first-order chi connectivity index (χ1) is 12.7. The Balaban J connectivity index is 2.05. The number of nitrogens with two attached hydrogens (primary N) is 1. The molecule has 0 aliphatic rings. The Hall–Kier alpha value is -3.01. The van der Waals surface area contributed by atoms with Crippen LogP contribution in [0.15, 0.2) is 41.3 Å². The molecule has 0 aliphatic heterocycles. The quantitative estimate of drug-likeness (QED) is 0.425. The molecule has 2 rings (SSSR count). The molecular formula is C17H15F2N3O4S. The highest BCUT2D eigenvalue weighted by Crippen LogP contribution is 2.30. The monoisotopic (exact) mass is 395 g/mol. The van der Waals surface area contributed by atoms with Crippen molar-refractivity contribution in [2.24, 2.45) is 5.73 Å². The lowest BCUT2D eigenvalue weighted by Gasteiger charge is -2.15. The molecule has 10 heteroatoms. The molecule has 2 aromatic rings. The molecule has 2 aromatic carbocycles. The van der Waals surface area contributed by atoms with Crippen molar-refractivity contribution < 1.29 is 23.3 Å². The maximum atomic E-state index is 13.7. The Morgan fingerprint density at radius 2 is 1.96 bits per heavy atom. The van der Waals surface area contributed by atoms with Crippen molar-refractivity contribution >= 4 is 29.3 Å². The predicted molar refractivity (Wildman–Crippen MR) is 95.3 cm³/mol. The minimum absolute atomic E-state index is 0.0177. The van der Waals surface area contributed by atoms with E-state index in [9.17, 15) is 28.5 Å². The van der Waals surface area contributed by atoms with Gasteiger partial charge in [0.05, 0.1) is 21.6 Å². The van der Waals surface area contributed by atoms with E-state index >= 15 is 0 Å². The lowest BCUT2D eigenvalue weighted by molar-refractivity contribution is -0.387. The van der Waals surface area contributed by atoms with Crippen molar-refractivity contribution in [2.75, 3.05) is 5.75 Å². The van der Waals surface area contributed by atoms with E-state index in [0.717, 1.165) is 30.0 Å². The molecule has 27 heavy (non-hydrogen) atoms. The van der Waals surface area contributed by atoms with Gasteiger partial charge in [-0.15, -0.1) is 11.8 Å². The van der Waals surface area contributed by atoms with E-state index in [1.165, 1.54) is 25.1 Å². The van der Waals surface area contributed by atoms with E-state index in [2.05, 4.69) is 5.32 Å². The van der Waals surface area contributed by atoms with Gasteiger partial charge in [0.2, 0.25) is 11.8 Å². The Morgan fingerprint density at radius 3 is 2.56 bits per heavy atom. The van der Waals surface area contributed by atoms with Gasteiger partial charge in [-0.1, -0.05) is 6.07 Å². The van der Waals surface area contributed by atoms with E-state index in [4.69, 9.17) is 5.73 Å². The molecule has 0 heterocycles. The van der Waals surface area contributed by atoms with Crippen LogP contribution in [-0.2, 0) is 4.79 Å². The van der Waals surface area contributed by atoms with E-state index in [0.29, 0.717) is 0 Å². The number of carbonyl (C=O) groups excluding carboxylic acids is 2. The molecule has 0 spiro atoms. The standard InChI is InChI=1S/C17H15F2N3O4S/c1-9(12-4-3-11(18)7-13(12)19)21-16(23)8-27-15-5-2-10(17(20)24)6-14(15)22(25)26/h2-7,9H,8H2,1H3,(H2,20,24)(H,21,23). The van der Waals surface area contributed by atoms with Crippen molar-refractivity contribution in [3.63, 3.8) is 0 Å². The predicted octanol–water partition coefficient (Wildman–Crippen LogP) is 2.94. The number of benzene rings is 2. The zero-order chi connectivity index (χ0) is 20.1. The van der Waals surface area contributed by atoms with E-state index in [-0.39, 0.29) is 27.5 Å². The zero-order valence-electron chi connectivity index (χ0n) is 14.1. The average molecular weight is 395 g/mol. The third-order valence-electron chi connectivity index (χ3n) is 3.61. The number of hydrogen-bond acceptors (Lipinski definition) is 5. The summed E-state index contributed by atoms with van der Waals surface area (Å²) in [5.74, 6) is -2.98. The number of primary amides is 1. The number of thioether (sulfide) groups is 1. The lowest BCUT2D eigenvalue weighted by Crippen LogP contribution is -2.28. The topological polar surface area (TPSA) is 115 Å². The van der Waals surface area contributed by atoms with Gasteiger partial charge >= 0.3 is 0 Å². The minimum atomic E-state index is -0.803. The Labute approximate surface area is 157 Å². The molecule has 0 fully saturated rings. The van der Waals surface area contributed by atoms with Gasteiger partial charge in [0, 0.05) is 23.3 Å². The summed E-state index contributed by atoms with van der Waals surface area (Å²) < 4.78 is 26.7. The molecule has 7 nitrogen and oxygen atoms in total. The maximum absolute atomic E-state index is 13.7. The summed E-state index contributed by atoms with van der Waals surface area (Å²) in [5, 5.41) is 13.7. The number of nitro groups is 1.